The molecule has 94 valence electrons. The largest absolute Gasteiger partial charge is 0.366 e. The van der Waals surface area contributed by atoms with Crippen LogP contribution in [-0.2, 0) is 0 Å². The highest BCUT2D eigenvalue weighted by Gasteiger charge is 2.24. The number of halogens is 2. The molecule has 2 atom stereocenters. The molecule has 0 bridgehead atoms. The van der Waals surface area contributed by atoms with Gasteiger partial charge in [-0.05, 0) is 31.5 Å². The van der Waals surface area contributed by atoms with Gasteiger partial charge in [-0.2, -0.15) is 0 Å². The van der Waals surface area contributed by atoms with E-state index in [1.54, 1.807) is 6.07 Å². The monoisotopic (exact) mass is 256 g/mol. The van der Waals surface area contributed by atoms with E-state index in [9.17, 15) is 4.39 Å². The van der Waals surface area contributed by atoms with Gasteiger partial charge < -0.3 is 10.2 Å². The van der Waals surface area contributed by atoms with Crippen LogP contribution in [0.5, 0.6) is 0 Å². The van der Waals surface area contributed by atoms with E-state index in [-0.39, 0.29) is 10.8 Å². The lowest BCUT2D eigenvalue weighted by molar-refractivity contribution is 0.397. The fourth-order valence-corrected chi connectivity index (χ4v) is 2.34. The summed E-state index contributed by atoms with van der Waals surface area (Å²) in [5, 5.41) is 3.67. The lowest BCUT2D eigenvalue weighted by Gasteiger charge is -2.40. The summed E-state index contributed by atoms with van der Waals surface area (Å²) in [7, 11) is 0. The number of hydrogen-bond donors (Lipinski definition) is 1. The van der Waals surface area contributed by atoms with Crippen molar-refractivity contribution >= 4 is 17.3 Å². The van der Waals surface area contributed by atoms with Crippen LogP contribution in [0.15, 0.2) is 18.2 Å². The average molecular weight is 257 g/mol. The molecule has 0 saturated carbocycles. The minimum atomic E-state index is -0.344. The van der Waals surface area contributed by atoms with Gasteiger partial charge in [-0.15, -0.1) is 0 Å². The molecule has 0 spiro atoms. The third kappa shape index (κ3) is 2.72. The predicted molar refractivity (Wildman–Crippen MR) is 70.3 cm³/mol. The molecule has 1 aromatic rings. The van der Waals surface area contributed by atoms with Crippen LogP contribution in [0.3, 0.4) is 0 Å². The van der Waals surface area contributed by atoms with Crippen molar-refractivity contribution in [1.29, 1.82) is 0 Å². The molecule has 1 aromatic carbocycles. The first-order valence-electron chi connectivity index (χ1n) is 6.07. The van der Waals surface area contributed by atoms with E-state index in [2.05, 4.69) is 24.1 Å². The maximum Gasteiger partial charge on any atom is 0.143 e. The first kappa shape index (κ1) is 12.7. The predicted octanol–water partition coefficient (Wildman–Crippen LogP) is 3.06. The topological polar surface area (TPSA) is 15.3 Å². The van der Waals surface area contributed by atoms with Gasteiger partial charge in [-0.1, -0.05) is 18.5 Å². The van der Waals surface area contributed by atoms with Gasteiger partial charge in [0.2, 0.25) is 0 Å². The third-order valence-electron chi connectivity index (χ3n) is 3.38. The minimum absolute atomic E-state index is 0.184. The van der Waals surface area contributed by atoms with Crippen LogP contribution in [0.25, 0.3) is 0 Å². The molecule has 0 aromatic heterocycles. The molecular formula is C13H18ClFN2. The van der Waals surface area contributed by atoms with Gasteiger partial charge in [0.15, 0.2) is 0 Å². The Morgan fingerprint density at radius 2 is 2.29 bits per heavy atom. The summed E-state index contributed by atoms with van der Waals surface area (Å²) < 4.78 is 13.5. The Morgan fingerprint density at radius 3 is 2.94 bits per heavy atom. The van der Waals surface area contributed by atoms with Gasteiger partial charge in [0.1, 0.15) is 5.82 Å². The number of hydrogen-bond acceptors (Lipinski definition) is 2. The van der Waals surface area contributed by atoms with Crippen LogP contribution in [0.4, 0.5) is 10.1 Å². The summed E-state index contributed by atoms with van der Waals surface area (Å²) >= 11 is 5.71. The van der Waals surface area contributed by atoms with E-state index >= 15 is 0 Å². The Balaban J connectivity index is 2.21. The highest BCUT2D eigenvalue weighted by Crippen LogP contribution is 2.25. The summed E-state index contributed by atoms with van der Waals surface area (Å²) in [5.74, 6) is -0.344. The quantitative estimate of drug-likeness (QED) is 0.875. The Hall–Kier alpha value is -0.800. The SMILES string of the molecule is CCC1CN(c2ccc(Cl)c(F)c2)C(C)CN1. The van der Waals surface area contributed by atoms with Crippen molar-refractivity contribution < 1.29 is 4.39 Å². The van der Waals surface area contributed by atoms with Crippen LogP contribution in [0, 0.1) is 5.82 Å². The molecule has 17 heavy (non-hydrogen) atoms. The van der Waals surface area contributed by atoms with Gasteiger partial charge in [0, 0.05) is 30.9 Å². The molecule has 2 rings (SSSR count). The van der Waals surface area contributed by atoms with Gasteiger partial charge in [-0.25, -0.2) is 4.39 Å². The molecular weight excluding hydrogens is 239 g/mol. The summed E-state index contributed by atoms with van der Waals surface area (Å²) in [6.07, 6.45) is 1.08. The lowest BCUT2D eigenvalue weighted by Crippen LogP contribution is -2.55. The zero-order valence-electron chi connectivity index (χ0n) is 10.2. The van der Waals surface area contributed by atoms with Crippen molar-refractivity contribution in [2.75, 3.05) is 18.0 Å². The fourth-order valence-electron chi connectivity index (χ4n) is 2.23. The molecule has 1 saturated heterocycles. The van der Waals surface area contributed by atoms with E-state index in [1.807, 2.05) is 6.07 Å². The molecule has 4 heteroatoms. The second-order valence-electron chi connectivity index (χ2n) is 4.61. The molecule has 1 fully saturated rings. The molecule has 0 amide bonds. The van der Waals surface area contributed by atoms with Crippen LogP contribution >= 0.6 is 11.6 Å². The molecule has 2 nitrogen and oxygen atoms in total. The second-order valence-corrected chi connectivity index (χ2v) is 5.02. The molecule has 0 aliphatic carbocycles. The van der Waals surface area contributed by atoms with Crippen LogP contribution in [0.1, 0.15) is 20.3 Å². The third-order valence-corrected chi connectivity index (χ3v) is 3.69. The molecule has 1 N–H and O–H groups in total. The number of nitrogens with one attached hydrogen (secondary N) is 1. The first-order valence-corrected chi connectivity index (χ1v) is 6.44. The maximum absolute atomic E-state index is 13.5. The standard InChI is InChI=1S/C13H18ClFN2/c1-3-10-8-17(9(2)7-16-10)11-4-5-12(14)13(15)6-11/h4-6,9-10,16H,3,7-8H2,1-2H3. The average Bonchev–Trinajstić information content (AvgIpc) is 2.33. The zero-order valence-corrected chi connectivity index (χ0v) is 11.0. The molecule has 1 heterocycles. The van der Waals surface area contributed by atoms with Gasteiger partial charge >= 0.3 is 0 Å². The van der Waals surface area contributed by atoms with Crippen molar-refractivity contribution in [2.24, 2.45) is 0 Å². The highest BCUT2D eigenvalue weighted by molar-refractivity contribution is 6.30. The second kappa shape index (κ2) is 5.23. The number of benzene rings is 1. The van der Waals surface area contributed by atoms with Gasteiger partial charge in [0.05, 0.1) is 5.02 Å². The Kier molecular flexibility index (Phi) is 3.89. The van der Waals surface area contributed by atoms with E-state index in [0.717, 1.165) is 25.2 Å². The number of nitrogens with zero attached hydrogens (tertiary/aromatic N) is 1. The normalized spacial score (nSPS) is 25.1. The van der Waals surface area contributed by atoms with Crippen molar-refractivity contribution in [2.45, 2.75) is 32.4 Å². The molecule has 2 unspecified atom stereocenters. The smallest absolute Gasteiger partial charge is 0.143 e. The van der Waals surface area contributed by atoms with Crippen molar-refractivity contribution in [3.63, 3.8) is 0 Å². The van der Waals surface area contributed by atoms with Gasteiger partial charge in [0.25, 0.3) is 0 Å². The molecule has 0 radical (unpaired) electrons. The van der Waals surface area contributed by atoms with Crippen molar-refractivity contribution in [3.8, 4) is 0 Å². The van der Waals surface area contributed by atoms with Crippen LogP contribution in [-0.4, -0.2) is 25.2 Å². The van der Waals surface area contributed by atoms with Crippen LogP contribution in [0.2, 0.25) is 5.02 Å². The summed E-state index contributed by atoms with van der Waals surface area (Å²) in [4.78, 5) is 2.24. The van der Waals surface area contributed by atoms with E-state index in [1.165, 1.54) is 6.07 Å². The number of piperazine rings is 1. The zero-order chi connectivity index (χ0) is 12.4. The minimum Gasteiger partial charge on any atom is -0.366 e. The maximum atomic E-state index is 13.5. The van der Waals surface area contributed by atoms with E-state index < -0.39 is 0 Å². The summed E-state index contributed by atoms with van der Waals surface area (Å²) in [6.45, 7) is 6.15. The Labute approximate surface area is 107 Å². The number of anilines is 1. The van der Waals surface area contributed by atoms with E-state index in [0.29, 0.717) is 12.1 Å². The molecule has 1 aliphatic heterocycles. The van der Waals surface area contributed by atoms with Crippen molar-refractivity contribution in [3.05, 3.63) is 29.0 Å². The summed E-state index contributed by atoms with van der Waals surface area (Å²) in [5.41, 5.74) is 0.916. The number of rotatable bonds is 2. The first-order chi connectivity index (χ1) is 8.11. The van der Waals surface area contributed by atoms with E-state index in [4.69, 9.17) is 11.6 Å². The van der Waals surface area contributed by atoms with Gasteiger partial charge in [-0.3, -0.25) is 0 Å². The highest BCUT2D eigenvalue weighted by atomic mass is 35.5. The fraction of sp³-hybridized carbons (Fsp3) is 0.538. The Morgan fingerprint density at radius 1 is 1.53 bits per heavy atom. The molecule has 1 aliphatic rings. The lowest BCUT2D eigenvalue weighted by atomic mass is 10.1. The summed E-state index contributed by atoms with van der Waals surface area (Å²) in [6, 6.07) is 5.89. The van der Waals surface area contributed by atoms with Crippen LogP contribution < -0.4 is 10.2 Å². The Bertz CT molecular complexity index is 397. The van der Waals surface area contributed by atoms with Crippen molar-refractivity contribution in [1.82, 2.24) is 5.32 Å².